The van der Waals surface area contributed by atoms with E-state index in [4.69, 9.17) is 10.5 Å². The van der Waals surface area contributed by atoms with Crippen LogP contribution in [0.3, 0.4) is 0 Å². The van der Waals surface area contributed by atoms with E-state index in [2.05, 4.69) is 45.0 Å². The molecule has 0 bridgehead atoms. The maximum atomic E-state index is 5.72. The molecule has 0 spiro atoms. The van der Waals surface area contributed by atoms with Crippen molar-refractivity contribution in [2.24, 2.45) is 11.8 Å². The fourth-order valence-electron chi connectivity index (χ4n) is 1.89. The van der Waals surface area contributed by atoms with Gasteiger partial charge in [0.15, 0.2) is 0 Å². The Kier molecular flexibility index (Phi) is 3.99. The predicted octanol–water partition coefficient (Wildman–Crippen LogP) is 2.80. The van der Waals surface area contributed by atoms with E-state index in [1.807, 2.05) is 0 Å². The van der Waals surface area contributed by atoms with Gasteiger partial charge in [-0.15, -0.1) is 0 Å². The van der Waals surface area contributed by atoms with Crippen LogP contribution in [0.25, 0.3) is 0 Å². The van der Waals surface area contributed by atoms with E-state index in [1.165, 1.54) is 0 Å². The number of allylic oxidation sites excluding steroid dienone is 2. The molecule has 92 valence electrons. The Labute approximate surface area is 109 Å². The topological polar surface area (TPSA) is 61.0 Å². The van der Waals surface area contributed by atoms with Crippen molar-refractivity contribution in [2.75, 3.05) is 12.3 Å². The zero-order valence-corrected chi connectivity index (χ0v) is 11.4. The smallest absolute Gasteiger partial charge is 0.232 e. The molecule has 1 aliphatic rings. The standard InChI is InChI=1S/C12H16BrN3O/c1-8-4-2-3-5-9(8)7-17-11-10(13)6-15-12(14)16-11/h2-3,6,8-9H,4-5,7H2,1H3,(H2,14,15,16). The zero-order valence-electron chi connectivity index (χ0n) is 9.77. The number of ether oxygens (including phenoxy) is 1. The lowest BCUT2D eigenvalue weighted by molar-refractivity contribution is 0.192. The van der Waals surface area contributed by atoms with Crippen LogP contribution in [-0.2, 0) is 0 Å². The molecule has 1 aromatic heterocycles. The summed E-state index contributed by atoms with van der Waals surface area (Å²) in [5.74, 6) is 1.96. The number of hydrogen-bond donors (Lipinski definition) is 1. The first-order valence-electron chi connectivity index (χ1n) is 5.72. The molecule has 1 aliphatic carbocycles. The summed E-state index contributed by atoms with van der Waals surface area (Å²) in [6.45, 7) is 2.92. The van der Waals surface area contributed by atoms with Gasteiger partial charge in [0.25, 0.3) is 0 Å². The first kappa shape index (κ1) is 12.4. The number of halogens is 1. The lowest BCUT2D eigenvalue weighted by Crippen LogP contribution is -2.21. The highest BCUT2D eigenvalue weighted by atomic mass is 79.9. The summed E-state index contributed by atoms with van der Waals surface area (Å²) in [6, 6.07) is 0. The van der Waals surface area contributed by atoms with Gasteiger partial charge in [0, 0.05) is 0 Å². The first-order valence-corrected chi connectivity index (χ1v) is 6.52. The molecule has 17 heavy (non-hydrogen) atoms. The van der Waals surface area contributed by atoms with Crippen molar-refractivity contribution >= 4 is 21.9 Å². The molecule has 0 saturated carbocycles. The number of nitrogen functional groups attached to an aromatic ring is 1. The van der Waals surface area contributed by atoms with E-state index < -0.39 is 0 Å². The number of nitrogens with two attached hydrogens (primary N) is 1. The Balaban J connectivity index is 1.97. The van der Waals surface area contributed by atoms with Crippen LogP contribution in [0.4, 0.5) is 5.95 Å². The summed E-state index contributed by atoms with van der Waals surface area (Å²) in [7, 11) is 0. The van der Waals surface area contributed by atoms with Crippen molar-refractivity contribution in [2.45, 2.75) is 19.8 Å². The Hall–Kier alpha value is -1.10. The third-order valence-electron chi connectivity index (χ3n) is 3.08. The number of nitrogens with zero attached hydrogens (tertiary/aromatic N) is 2. The van der Waals surface area contributed by atoms with Crippen LogP contribution in [0.1, 0.15) is 19.8 Å². The van der Waals surface area contributed by atoms with Crippen LogP contribution in [0.15, 0.2) is 22.8 Å². The number of rotatable bonds is 3. The van der Waals surface area contributed by atoms with Crippen molar-refractivity contribution in [3.8, 4) is 5.88 Å². The maximum absolute atomic E-state index is 5.72. The minimum absolute atomic E-state index is 0.236. The normalized spacial score (nSPS) is 23.6. The van der Waals surface area contributed by atoms with E-state index in [0.29, 0.717) is 24.3 Å². The monoisotopic (exact) mass is 297 g/mol. The van der Waals surface area contributed by atoms with Gasteiger partial charge in [0.1, 0.15) is 0 Å². The van der Waals surface area contributed by atoms with E-state index in [0.717, 1.165) is 17.3 Å². The van der Waals surface area contributed by atoms with Gasteiger partial charge in [-0.1, -0.05) is 19.1 Å². The third-order valence-corrected chi connectivity index (χ3v) is 3.63. The van der Waals surface area contributed by atoms with Crippen LogP contribution < -0.4 is 10.5 Å². The molecule has 2 unspecified atom stereocenters. The quantitative estimate of drug-likeness (QED) is 0.872. The van der Waals surface area contributed by atoms with Gasteiger partial charge in [0.2, 0.25) is 11.8 Å². The average molecular weight is 298 g/mol. The Bertz CT molecular complexity index is 422. The van der Waals surface area contributed by atoms with Crippen molar-refractivity contribution in [3.63, 3.8) is 0 Å². The molecule has 2 atom stereocenters. The fourth-order valence-corrected chi connectivity index (χ4v) is 2.20. The van der Waals surface area contributed by atoms with E-state index in [9.17, 15) is 0 Å². The van der Waals surface area contributed by atoms with E-state index >= 15 is 0 Å². The molecule has 0 aromatic carbocycles. The maximum Gasteiger partial charge on any atom is 0.232 e. The fraction of sp³-hybridized carbons (Fsp3) is 0.500. The zero-order chi connectivity index (χ0) is 12.3. The van der Waals surface area contributed by atoms with E-state index in [-0.39, 0.29) is 5.95 Å². The molecule has 0 aliphatic heterocycles. The first-order chi connectivity index (χ1) is 8.16. The molecule has 0 amide bonds. The number of aromatic nitrogens is 2. The lowest BCUT2D eigenvalue weighted by Gasteiger charge is -2.25. The van der Waals surface area contributed by atoms with Crippen LogP contribution in [0.5, 0.6) is 5.88 Å². The SMILES string of the molecule is CC1CC=CCC1COc1nc(N)ncc1Br. The minimum atomic E-state index is 0.236. The van der Waals surface area contributed by atoms with Crippen LogP contribution in [0.2, 0.25) is 0 Å². The van der Waals surface area contributed by atoms with Gasteiger partial charge in [-0.05, 0) is 40.6 Å². The molecule has 1 aromatic rings. The second kappa shape index (κ2) is 5.49. The van der Waals surface area contributed by atoms with Crippen LogP contribution in [0, 0.1) is 11.8 Å². The highest BCUT2D eigenvalue weighted by Gasteiger charge is 2.19. The lowest BCUT2D eigenvalue weighted by atomic mass is 9.85. The molecule has 1 heterocycles. The van der Waals surface area contributed by atoms with Gasteiger partial charge in [0.05, 0.1) is 17.3 Å². The number of anilines is 1. The van der Waals surface area contributed by atoms with Crippen LogP contribution >= 0.6 is 15.9 Å². The molecule has 2 N–H and O–H groups in total. The van der Waals surface area contributed by atoms with Crippen molar-refractivity contribution in [1.29, 1.82) is 0 Å². The molecule has 5 heteroatoms. The van der Waals surface area contributed by atoms with Gasteiger partial charge >= 0.3 is 0 Å². The Morgan fingerprint density at radius 1 is 1.47 bits per heavy atom. The van der Waals surface area contributed by atoms with Crippen molar-refractivity contribution in [1.82, 2.24) is 9.97 Å². The van der Waals surface area contributed by atoms with Gasteiger partial charge < -0.3 is 10.5 Å². The predicted molar refractivity (Wildman–Crippen MR) is 70.7 cm³/mol. The second-order valence-corrected chi connectivity index (χ2v) is 5.23. The molecular weight excluding hydrogens is 282 g/mol. The largest absolute Gasteiger partial charge is 0.476 e. The highest BCUT2D eigenvalue weighted by Crippen LogP contribution is 2.27. The van der Waals surface area contributed by atoms with Gasteiger partial charge in [-0.2, -0.15) is 4.98 Å². The summed E-state index contributed by atoms with van der Waals surface area (Å²) in [4.78, 5) is 7.94. The average Bonchev–Trinajstić information content (AvgIpc) is 2.32. The van der Waals surface area contributed by atoms with Crippen molar-refractivity contribution < 1.29 is 4.74 Å². The summed E-state index contributed by atoms with van der Waals surface area (Å²) in [5, 5.41) is 0. The summed E-state index contributed by atoms with van der Waals surface area (Å²) in [6.07, 6.45) is 8.26. The summed E-state index contributed by atoms with van der Waals surface area (Å²) in [5.41, 5.74) is 5.53. The molecule has 2 rings (SSSR count). The Morgan fingerprint density at radius 3 is 3.00 bits per heavy atom. The van der Waals surface area contributed by atoms with Gasteiger partial charge in [-0.25, -0.2) is 4.98 Å². The third kappa shape index (κ3) is 3.19. The van der Waals surface area contributed by atoms with Crippen LogP contribution in [-0.4, -0.2) is 16.6 Å². The Morgan fingerprint density at radius 2 is 2.24 bits per heavy atom. The van der Waals surface area contributed by atoms with Crippen molar-refractivity contribution in [3.05, 3.63) is 22.8 Å². The second-order valence-electron chi connectivity index (χ2n) is 4.37. The molecule has 0 radical (unpaired) electrons. The molecule has 0 fully saturated rings. The molecule has 4 nitrogen and oxygen atoms in total. The summed E-state index contributed by atoms with van der Waals surface area (Å²) < 4.78 is 6.46. The van der Waals surface area contributed by atoms with E-state index in [1.54, 1.807) is 6.20 Å². The number of hydrogen-bond acceptors (Lipinski definition) is 4. The minimum Gasteiger partial charge on any atom is -0.476 e. The molecular formula is C12H16BrN3O. The van der Waals surface area contributed by atoms with Gasteiger partial charge in [-0.3, -0.25) is 0 Å². The molecule has 0 saturated heterocycles. The summed E-state index contributed by atoms with van der Waals surface area (Å²) >= 11 is 3.35. The highest BCUT2D eigenvalue weighted by molar-refractivity contribution is 9.10.